The minimum Gasteiger partial charge on any atom is -0.303 e. The third-order valence-electron chi connectivity index (χ3n) is 3.70. The maximum absolute atomic E-state index is 2.67. The Morgan fingerprint density at radius 2 is 1.88 bits per heavy atom. The Kier molecular flexibility index (Phi) is 4.42. The van der Waals surface area contributed by atoms with Gasteiger partial charge in [0.2, 0.25) is 0 Å². The zero-order chi connectivity index (χ0) is 11.4. The molecule has 1 fully saturated rings. The van der Waals surface area contributed by atoms with Gasteiger partial charge in [0, 0.05) is 25.7 Å². The average molecular weight is 221 g/mol. The van der Waals surface area contributed by atoms with E-state index in [4.69, 9.17) is 0 Å². The van der Waals surface area contributed by atoms with Gasteiger partial charge in [-0.2, -0.15) is 0 Å². The van der Waals surface area contributed by atoms with Crippen LogP contribution in [0.3, 0.4) is 0 Å². The molecule has 0 amide bonds. The van der Waals surface area contributed by atoms with Crippen LogP contribution in [-0.2, 0) is 0 Å². The van der Waals surface area contributed by atoms with Crippen molar-refractivity contribution in [2.45, 2.75) is 39.2 Å². The summed E-state index contributed by atoms with van der Waals surface area (Å²) in [7, 11) is 0. The third kappa shape index (κ3) is 3.33. The van der Waals surface area contributed by atoms with E-state index in [9.17, 15) is 0 Å². The molecule has 0 bridgehead atoms. The van der Waals surface area contributed by atoms with Crippen molar-refractivity contribution in [3.05, 3.63) is 18.1 Å². The molecule has 2 rings (SSSR count). The fourth-order valence-electron chi connectivity index (χ4n) is 2.88. The largest absolute Gasteiger partial charge is 0.303 e. The van der Waals surface area contributed by atoms with E-state index in [1.54, 1.807) is 5.92 Å². The van der Waals surface area contributed by atoms with Gasteiger partial charge in [-0.05, 0) is 38.3 Å². The normalized spacial score (nSPS) is 25.4. The molecule has 0 aliphatic carbocycles. The molecule has 0 atom stereocenters. The Morgan fingerprint density at radius 1 is 1.12 bits per heavy atom. The Hall–Kier alpha value is -0.340. The SMILES string of the molecule is C[C](C)CN1CCC(N2CC=CCC2)CC1. The van der Waals surface area contributed by atoms with Gasteiger partial charge in [0.05, 0.1) is 0 Å². The van der Waals surface area contributed by atoms with E-state index in [2.05, 4.69) is 35.8 Å². The average Bonchev–Trinajstić information content (AvgIpc) is 2.30. The van der Waals surface area contributed by atoms with Crippen molar-refractivity contribution < 1.29 is 0 Å². The van der Waals surface area contributed by atoms with Gasteiger partial charge in [0.15, 0.2) is 0 Å². The van der Waals surface area contributed by atoms with Crippen molar-refractivity contribution in [2.75, 3.05) is 32.7 Å². The van der Waals surface area contributed by atoms with Crippen LogP contribution in [0.15, 0.2) is 12.2 Å². The van der Waals surface area contributed by atoms with Crippen LogP contribution in [0, 0.1) is 5.92 Å². The first-order valence-electron chi connectivity index (χ1n) is 6.66. The molecule has 0 aromatic carbocycles. The summed E-state index contributed by atoms with van der Waals surface area (Å²) in [6.45, 7) is 10.7. The lowest BCUT2D eigenvalue weighted by Gasteiger charge is -2.39. The van der Waals surface area contributed by atoms with Crippen molar-refractivity contribution >= 4 is 0 Å². The highest BCUT2D eigenvalue weighted by Gasteiger charge is 2.24. The van der Waals surface area contributed by atoms with Crippen LogP contribution in [0.5, 0.6) is 0 Å². The van der Waals surface area contributed by atoms with Crippen LogP contribution < -0.4 is 0 Å². The summed E-state index contributed by atoms with van der Waals surface area (Å²) >= 11 is 0. The zero-order valence-corrected chi connectivity index (χ0v) is 10.8. The lowest BCUT2D eigenvalue weighted by Crippen LogP contribution is -2.46. The summed E-state index contributed by atoms with van der Waals surface area (Å²) in [6.07, 6.45) is 8.63. The van der Waals surface area contributed by atoms with Gasteiger partial charge in [-0.1, -0.05) is 26.0 Å². The van der Waals surface area contributed by atoms with Crippen molar-refractivity contribution in [1.29, 1.82) is 0 Å². The summed E-state index contributed by atoms with van der Waals surface area (Å²) < 4.78 is 0. The Bertz CT molecular complexity index is 227. The molecule has 2 aliphatic heterocycles. The van der Waals surface area contributed by atoms with E-state index < -0.39 is 0 Å². The standard InChI is InChI=1S/C14H25N2/c1-13(2)12-15-10-6-14(7-11-15)16-8-4-3-5-9-16/h3-4,14H,5-12H2,1-2H3. The molecule has 2 aliphatic rings. The van der Waals surface area contributed by atoms with Crippen LogP contribution in [0.4, 0.5) is 0 Å². The number of hydrogen-bond donors (Lipinski definition) is 0. The Morgan fingerprint density at radius 3 is 2.44 bits per heavy atom. The Balaban J connectivity index is 1.74. The number of piperidine rings is 1. The topological polar surface area (TPSA) is 6.48 Å². The summed E-state index contributed by atoms with van der Waals surface area (Å²) in [4.78, 5) is 5.27. The van der Waals surface area contributed by atoms with Gasteiger partial charge in [0.1, 0.15) is 0 Å². The minimum absolute atomic E-state index is 0.846. The van der Waals surface area contributed by atoms with Gasteiger partial charge in [-0.25, -0.2) is 0 Å². The maximum atomic E-state index is 2.67. The lowest BCUT2D eigenvalue weighted by atomic mass is 10.0. The van der Waals surface area contributed by atoms with Crippen LogP contribution in [0.25, 0.3) is 0 Å². The van der Waals surface area contributed by atoms with Crippen molar-refractivity contribution in [2.24, 2.45) is 0 Å². The molecule has 0 unspecified atom stereocenters. The molecule has 2 nitrogen and oxygen atoms in total. The molecule has 16 heavy (non-hydrogen) atoms. The van der Waals surface area contributed by atoms with Gasteiger partial charge in [-0.15, -0.1) is 0 Å². The fourth-order valence-corrected chi connectivity index (χ4v) is 2.88. The van der Waals surface area contributed by atoms with E-state index in [0.29, 0.717) is 0 Å². The van der Waals surface area contributed by atoms with Gasteiger partial charge >= 0.3 is 0 Å². The maximum Gasteiger partial charge on any atom is 0.0166 e. The quantitative estimate of drug-likeness (QED) is 0.675. The molecule has 2 heterocycles. The van der Waals surface area contributed by atoms with E-state index >= 15 is 0 Å². The first-order valence-corrected chi connectivity index (χ1v) is 6.66. The van der Waals surface area contributed by atoms with E-state index in [1.165, 1.54) is 52.0 Å². The predicted octanol–water partition coefficient (Wildman–Crippen LogP) is 2.33. The molecule has 2 heteroatoms. The summed E-state index contributed by atoms with van der Waals surface area (Å²) in [5, 5.41) is 0. The fraction of sp³-hybridized carbons (Fsp3) is 0.786. The number of hydrogen-bond acceptors (Lipinski definition) is 2. The molecule has 1 radical (unpaired) electrons. The van der Waals surface area contributed by atoms with Gasteiger partial charge in [-0.3, -0.25) is 4.90 Å². The van der Waals surface area contributed by atoms with Crippen LogP contribution in [0.1, 0.15) is 33.1 Å². The van der Waals surface area contributed by atoms with Crippen molar-refractivity contribution in [3.8, 4) is 0 Å². The van der Waals surface area contributed by atoms with Gasteiger partial charge < -0.3 is 4.90 Å². The molecule has 91 valence electrons. The van der Waals surface area contributed by atoms with Gasteiger partial charge in [0.25, 0.3) is 0 Å². The minimum atomic E-state index is 0.846. The highest BCUT2D eigenvalue weighted by atomic mass is 15.2. The van der Waals surface area contributed by atoms with Crippen LogP contribution >= 0.6 is 0 Å². The highest BCUT2D eigenvalue weighted by Crippen LogP contribution is 2.19. The molecule has 0 saturated carbocycles. The Labute approximate surface area is 100 Å². The first kappa shape index (κ1) is 12.1. The molecule has 1 saturated heterocycles. The van der Waals surface area contributed by atoms with Crippen molar-refractivity contribution in [1.82, 2.24) is 9.80 Å². The molecular weight excluding hydrogens is 196 g/mol. The lowest BCUT2D eigenvalue weighted by molar-refractivity contribution is 0.118. The zero-order valence-electron chi connectivity index (χ0n) is 10.8. The molecular formula is C14H25N2. The third-order valence-corrected chi connectivity index (χ3v) is 3.70. The highest BCUT2D eigenvalue weighted by molar-refractivity contribution is 4.94. The summed E-state index contributed by atoms with van der Waals surface area (Å²) in [6, 6.07) is 0.846. The second-order valence-corrected chi connectivity index (χ2v) is 5.47. The molecule has 0 N–H and O–H groups in total. The monoisotopic (exact) mass is 221 g/mol. The first-order chi connectivity index (χ1) is 7.75. The van der Waals surface area contributed by atoms with E-state index in [1.807, 2.05) is 0 Å². The van der Waals surface area contributed by atoms with Crippen molar-refractivity contribution in [3.63, 3.8) is 0 Å². The smallest absolute Gasteiger partial charge is 0.0166 e. The molecule has 0 spiro atoms. The molecule has 0 aromatic rings. The number of likely N-dealkylation sites (tertiary alicyclic amines) is 1. The van der Waals surface area contributed by atoms with Crippen LogP contribution in [0.2, 0.25) is 0 Å². The number of nitrogens with zero attached hydrogens (tertiary/aromatic N) is 2. The summed E-state index contributed by atoms with van der Waals surface area (Å²) in [5.41, 5.74) is 0. The number of rotatable bonds is 3. The second-order valence-electron chi connectivity index (χ2n) is 5.47. The predicted molar refractivity (Wildman–Crippen MR) is 69.4 cm³/mol. The van der Waals surface area contributed by atoms with Crippen LogP contribution in [-0.4, -0.2) is 48.6 Å². The molecule has 0 aromatic heterocycles. The summed E-state index contributed by atoms with van der Waals surface area (Å²) in [5.74, 6) is 1.54. The van der Waals surface area contributed by atoms with E-state index in [0.717, 1.165) is 6.04 Å². The van der Waals surface area contributed by atoms with E-state index in [-0.39, 0.29) is 0 Å². The second kappa shape index (κ2) is 5.83.